The number of nitro groups is 1. The summed E-state index contributed by atoms with van der Waals surface area (Å²) in [6, 6.07) is 26.7. The molecule has 16 heteroatoms. The van der Waals surface area contributed by atoms with Gasteiger partial charge >= 0.3 is 0 Å². The van der Waals surface area contributed by atoms with Crippen LogP contribution in [0.15, 0.2) is 108 Å². The fourth-order valence-corrected chi connectivity index (χ4v) is 5.30. The molecule has 53 heavy (non-hydrogen) atoms. The van der Waals surface area contributed by atoms with Crippen LogP contribution in [-0.2, 0) is 25.6 Å². The minimum Gasteiger partial charge on any atom is -0.365 e. The van der Waals surface area contributed by atoms with E-state index in [-0.39, 0.29) is 25.8 Å². The SMILES string of the molecule is C[C@H](NC(=O)c1ccccc1)C(=O)N[C@H](Cc1ccccc1)C(=O)NC(CCCN/C(N)=N\[N+](=O)[O-])C(=O)NCC(=O)Nc1cccc2ccccc12. The number of hydrogen-bond donors (Lipinski definition) is 7. The molecular weight excluding hydrogens is 682 g/mol. The van der Waals surface area contributed by atoms with Crippen LogP contribution in [0.1, 0.15) is 35.7 Å². The fourth-order valence-electron chi connectivity index (χ4n) is 5.30. The van der Waals surface area contributed by atoms with E-state index in [2.05, 4.69) is 37.0 Å². The molecule has 0 bridgehead atoms. The average molecular weight is 724 g/mol. The van der Waals surface area contributed by atoms with Crippen LogP contribution in [0, 0.1) is 10.1 Å². The van der Waals surface area contributed by atoms with Crippen LogP contribution in [0.25, 0.3) is 10.8 Å². The van der Waals surface area contributed by atoms with Crippen molar-refractivity contribution in [2.45, 2.75) is 44.3 Å². The first-order valence-electron chi connectivity index (χ1n) is 16.8. The van der Waals surface area contributed by atoms with Crippen LogP contribution in [-0.4, -0.2) is 71.7 Å². The molecule has 5 amide bonds. The number of fused-ring (bicyclic) bond motifs is 1. The van der Waals surface area contributed by atoms with Crippen molar-refractivity contribution in [3.05, 3.63) is 124 Å². The van der Waals surface area contributed by atoms with Gasteiger partial charge in [-0.15, -0.1) is 0 Å². The zero-order valence-electron chi connectivity index (χ0n) is 28.9. The Hall–Kier alpha value is -6.84. The second-order valence-electron chi connectivity index (χ2n) is 12.0. The maximum Gasteiger partial charge on any atom is 0.266 e. The molecule has 0 saturated carbocycles. The molecule has 4 aromatic rings. The van der Waals surface area contributed by atoms with Gasteiger partial charge in [0, 0.05) is 29.6 Å². The Balaban J connectivity index is 1.46. The Bertz CT molecular complexity index is 1940. The molecule has 0 aromatic heterocycles. The van der Waals surface area contributed by atoms with Gasteiger partial charge < -0.3 is 37.6 Å². The highest BCUT2D eigenvalue weighted by Crippen LogP contribution is 2.22. The Kier molecular flexibility index (Phi) is 14.4. The van der Waals surface area contributed by atoms with Gasteiger partial charge in [-0.1, -0.05) is 84.9 Å². The van der Waals surface area contributed by atoms with E-state index in [0.717, 1.165) is 10.8 Å². The first kappa shape index (κ1) is 39.0. The van der Waals surface area contributed by atoms with Crippen molar-refractivity contribution in [3.63, 3.8) is 0 Å². The predicted octanol–water partition coefficient (Wildman–Crippen LogP) is 1.80. The highest BCUT2D eigenvalue weighted by molar-refractivity contribution is 6.04. The highest BCUT2D eigenvalue weighted by atomic mass is 16.7. The number of nitrogens with two attached hydrogens (primary N) is 1. The van der Waals surface area contributed by atoms with Gasteiger partial charge in [0.2, 0.25) is 23.6 Å². The van der Waals surface area contributed by atoms with Crippen LogP contribution in [0.3, 0.4) is 0 Å². The Labute approximate surface area is 305 Å². The number of carbonyl (C=O) groups is 5. The van der Waals surface area contributed by atoms with Crippen molar-refractivity contribution >= 4 is 52.0 Å². The minimum absolute atomic E-state index is 0.0107. The minimum atomic E-state index is -1.20. The quantitative estimate of drug-likeness (QED) is 0.0276. The van der Waals surface area contributed by atoms with Crippen LogP contribution in [0.2, 0.25) is 0 Å². The summed E-state index contributed by atoms with van der Waals surface area (Å²) < 4.78 is 0. The molecule has 4 rings (SSSR count). The third kappa shape index (κ3) is 12.5. The van der Waals surface area contributed by atoms with E-state index in [1.54, 1.807) is 72.8 Å². The summed E-state index contributed by atoms with van der Waals surface area (Å²) in [6.07, 6.45) is 0.249. The highest BCUT2D eigenvalue weighted by Gasteiger charge is 2.29. The topological polar surface area (TPSA) is 239 Å². The van der Waals surface area contributed by atoms with Crippen LogP contribution >= 0.6 is 0 Å². The lowest BCUT2D eigenvalue weighted by molar-refractivity contribution is -0.485. The third-order valence-electron chi connectivity index (χ3n) is 7.98. The van der Waals surface area contributed by atoms with E-state index in [9.17, 15) is 34.1 Å². The number of anilines is 1. The molecule has 16 nitrogen and oxygen atoms in total. The van der Waals surface area contributed by atoms with Gasteiger partial charge in [0.25, 0.3) is 11.9 Å². The largest absolute Gasteiger partial charge is 0.365 e. The number of nitrogens with zero attached hydrogens (tertiary/aromatic N) is 2. The van der Waals surface area contributed by atoms with E-state index >= 15 is 0 Å². The summed E-state index contributed by atoms with van der Waals surface area (Å²) in [5.41, 5.74) is 7.12. The van der Waals surface area contributed by atoms with E-state index in [1.807, 2.05) is 30.3 Å². The van der Waals surface area contributed by atoms with E-state index in [4.69, 9.17) is 5.73 Å². The van der Waals surface area contributed by atoms with Crippen molar-refractivity contribution in [2.75, 3.05) is 18.4 Å². The molecular formula is C37H41N9O7. The average Bonchev–Trinajstić information content (AvgIpc) is 3.15. The standard InChI is InChI=1S/C37H41N9O7/c1-24(41-34(49)27-15-6-3-7-16-27)33(48)44-31(22-25-12-4-2-5-13-25)36(51)43-30(20-11-21-39-37(38)45-46(52)53)35(50)40-23-32(47)42-29-19-10-17-26-14-8-9-18-28(26)29/h2-10,12-19,24,30-31H,11,20-23H2,1H3,(H,40,50)(H,41,49)(H,42,47)(H,43,51)(H,44,48)(H3,38,39,45)/t24-,30?,31+/m0/s1. The summed E-state index contributed by atoms with van der Waals surface area (Å²) in [6.45, 7) is 1.12. The normalized spacial score (nSPS) is 12.7. The summed E-state index contributed by atoms with van der Waals surface area (Å²) in [5.74, 6) is -3.45. The van der Waals surface area contributed by atoms with Gasteiger partial charge in [0.1, 0.15) is 23.2 Å². The van der Waals surface area contributed by atoms with Gasteiger partial charge in [-0.25, -0.2) is 10.1 Å². The third-order valence-corrected chi connectivity index (χ3v) is 7.98. The first-order chi connectivity index (χ1) is 25.5. The second kappa shape index (κ2) is 19.5. The molecule has 0 aliphatic heterocycles. The molecule has 8 N–H and O–H groups in total. The summed E-state index contributed by atoms with van der Waals surface area (Å²) in [7, 11) is 0. The number of hydrazone groups is 1. The zero-order valence-corrected chi connectivity index (χ0v) is 28.9. The van der Waals surface area contributed by atoms with E-state index in [1.165, 1.54) is 6.92 Å². The Morgan fingerprint density at radius 1 is 0.755 bits per heavy atom. The lowest BCUT2D eigenvalue weighted by atomic mass is 10.0. The Morgan fingerprint density at radius 2 is 1.40 bits per heavy atom. The number of nitrogens with one attached hydrogen (secondary N) is 6. The van der Waals surface area contributed by atoms with Gasteiger partial charge in [0.15, 0.2) is 5.03 Å². The molecule has 0 saturated heterocycles. The maximum absolute atomic E-state index is 13.8. The lowest BCUT2D eigenvalue weighted by Gasteiger charge is -2.25. The smallest absolute Gasteiger partial charge is 0.266 e. The van der Waals surface area contributed by atoms with Crippen molar-refractivity contribution in [3.8, 4) is 0 Å². The van der Waals surface area contributed by atoms with Gasteiger partial charge in [-0.3, -0.25) is 24.0 Å². The van der Waals surface area contributed by atoms with Crippen LogP contribution in [0.5, 0.6) is 0 Å². The van der Waals surface area contributed by atoms with Gasteiger partial charge in [-0.2, -0.15) is 0 Å². The zero-order chi connectivity index (χ0) is 38.2. The molecule has 0 radical (unpaired) electrons. The molecule has 0 heterocycles. The van der Waals surface area contributed by atoms with Crippen molar-refractivity contribution in [1.82, 2.24) is 26.6 Å². The van der Waals surface area contributed by atoms with Gasteiger partial charge in [-0.05, 0) is 48.9 Å². The van der Waals surface area contributed by atoms with Crippen molar-refractivity contribution in [2.24, 2.45) is 10.8 Å². The van der Waals surface area contributed by atoms with Crippen molar-refractivity contribution < 1.29 is 29.0 Å². The molecule has 3 atom stereocenters. The van der Waals surface area contributed by atoms with E-state index in [0.29, 0.717) is 16.8 Å². The van der Waals surface area contributed by atoms with Crippen LogP contribution < -0.4 is 37.6 Å². The summed E-state index contributed by atoms with van der Waals surface area (Å²) >= 11 is 0. The number of guanidine groups is 1. The predicted molar refractivity (Wildman–Crippen MR) is 199 cm³/mol. The fraction of sp³-hybridized carbons (Fsp3) is 0.243. The molecule has 0 fully saturated rings. The maximum atomic E-state index is 13.8. The molecule has 0 aliphatic carbocycles. The molecule has 1 unspecified atom stereocenters. The number of benzene rings is 4. The van der Waals surface area contributed by atoms with Crippen molar-refractivity contribution in [1.29, 1.82) is 0 Å². The number of hydrogen-bond acceptors (Lipinski definition) is 7. The number of carbonyl (C=O) groups excluding carboxylic acids is 5. The lowest BCUT2D eigenvalue weighted by Crippen LogP contribution is -2.57. The Morgan fingerprint density at radius 3 is 2.11 bits per heavy atom. The first-order valence-corrected chi connectivity index (χ1v) is 16.8. The number of amides is 5. The molecule has 0 aliphatic rings. The molecule has 276 valence electrons. The monoisotopic (exact) mass is 723 g/mol. The van der Waals surface area contributed by atoms with Gasteiger partial charge in [0.05, 0.1) is 6.54 Å². The second-order valence-corrected chi connectivity index (χ2v) is 12.0. The van der Waals surface area contributed by atoms with Crippen LogP contribution in [0.4, 0.5) is 5.69 Å². The summed E-state index contributed by atoms with van der Waals surface area (Å²) in [4.78, 5) is 76.8. The van der Waals surface area contributed by atoms with E-state index < -0.39 is 65.2 Å². The molecule has 0 spiro atoms. The number of rotatable bonds is 17. The summed E-state index contributed by atoms with van der Waals surface area (Å²) in [5, 5.41) is 30.2. The molecule has 4 aromatic carbocycles.